The Kier molecular flexibility index (Phi) is 4.29. The zero-order valence-electron chi connectivity index (χ0n) is 15.4. The Hall–Kier alpha value is -1.96. The summed E-state index contributed by atoms with van der Waals surface area (Å²) in [6, 6.07) is 4.83. The number of nitrogens with one attached hydrogen (secondary N) is 2. The fourth-order valence-electron chi connectivity index (χ4n) is 4.74. The van der Waals surface area contributed by atoms with Gasteiger partial charge in [0.1, 0.15) is 5.54 Å². The number of hydrogen-bond donors (Lipinski definition) is 2. The summed E-state index contributed by atoms with van der Waals surface area (Å²) >= 11 is 6.19. The molecule has 0 unspecified atom stereocenters. The first-order valence-corrected chi connectivity index (χ1v) is 9.44. The van der Waals surface area contributed by atoms with E-state index in [1.807, 2.05) is 13.8 Å². The predicted octanol–water partition coefficient (Wildman–Crippen LogP) is 1.36. The molecule has 0 saturated carbocycles. The van der Waals surface area contributed by atoms with Crippen LogP contribution in [0.5, 0.6) is 0 Å². The molecule has 3 heterocycles. The van der Waals surface area contributed by atoms with Crippen molar-refractivity contribution in [2.45, 2.75) is 25.4 Å². The van der Waals surface area contributed by atoms with E-state index in [1.165, 1.54) is 12.0 Å². The van der Waals surface area contributed by atoms with Crippen LogP contribution in [-0.2, 0) is 24.7 Å². The molecule has 144 valence electrons. The fraction of sp³-hybridized carbons (Fsp3) is 0.526. The minimum atomic E-state index is -1.28. The number of benzene rings is 1. The van der Waals surface area contributed by atoms with Gasteiger partial charge in [-0.2, -0.15) is 0 Å². The van der Waals surface area contributed by atoms with E-state index in [-0.39, 0.29) is 42.8 Å². The van der Waals surface area contributed by atoms with E-state index in [2.05, 4.69) is 10.6 Å². The van der Waals surface area contributed by atoms with Crippen molar-refractivity contribution in [1.29, 1.82) is 0 Å². The van der Waals surface area contributed by atoms with Gasteiger partial charge >= 0.3 is 0 Å². The van der Waals surface area contributed by atoms with Crippen LogP contribution < -0.4 is 10.6 Å². The molecule has 4 atom stereocenters. The molecule has 27 heavy (non-hydrogen) atoms. The quantitative estimate of drug-likeness (QED) is 0.757. The van der Waals surface area contributed by atoms with Crippen LogP contribution in [0.2, 0.25) is 5.02 Å². The third kappa shape index (κ3) is 2.38. The number of rotatable bonds is 4. The lowest BCUT2D eigenvalue weighted by molar-refractivity contribution is -0.143. The molecule has 4 rings (SSSR count). The molecule has 0 aromatic heterocycles. The summed E-state index contributed by atoms with van der Waals surface area (Å²) in [5, 5.41) is 6.70. The first-order chi connectivity index (χ1) is 12.8. The van der Waals surface area contributed by atoms with Gasteiger partial charge in [-0.25, -0.2) is 0 Å². The number of fused-ring (bicyclic) bond motifs is 4. The number of imide groups is 1. The number of carbonyl (C=O) groups is 3. The highest BCUT2D eigenvalue weighted by atomic mass is 35.5. The molecule has 3 aliphatic rings. The van der Waals surface area contributed by atoms with Crippen LogP contribution in [-0.4, -0.2) is 48.9 Å². The van der Waals surface area contributed by atoms with Crippen molar-refractivity contribution in [2.24, 2.45) is 17.8 Å². The second-order valence-electron chi connectivity index (χ2n) is 7.69. The predicted molar refractivity (Wildman–Crippen MR) is 99.1 cm³/mol. The second-order valence-corrected chi connectivity index (χ2v) is 8.13. The summed E-state index contributed by atoms with van der Waals surface area (Å²) in [6.45, 7) is 4.41. The second kappa shape index (κ2) is 6.29. The van der Waals surface area contributed by atoms with E-state index in [4.69, 9.17) is 16.3 Å². The Morgan fingerprint density at radius 2 is 2.00 bits per heavy atom. The largest absolute Gasteiger partial charge is 0.383 e. The molecule has 3 aliphatic heterocycles. The van der Waals surface area contributed by atoms with Crippen LogP contribution in [0.3, 0.4) is 0 Å². The van der Waals surface area contributed by atoms with E-state index in [9.17, 15) is 14.4 Å². The maximum absolute atomic E-state index is 13.3. The van der Waals surface area contributed by atoms with E-state index in [0.717, 1.165) is 0 Å². The van der Waals surface area contributed by atoms with Crippen molar-refractivity contribution >= 4 is 35.0 Å². The zero-order chi connectivity index (χ0) is 19.5. The highest BCUT2D eigenvalue weighted by Gasteiger charge is 2.70. The van der Waals surface area contributed by atoms with Crippen molar-refractivity contribution in [3.8, 4) is 0 Å². The summed E-state index contributed by atoms with van der Waals surface area (Å²) in [7, 11) is 1.52. The lowest BCUT2D eigenvalue weighted by atomic mass is 9.76. The molecular formula is C19H22ClN3O4. The SMILES string of the molecule is COCCN1C(=O)[C@H]2[C@@H](C1=O)[C@@]1(N[C@H]2C(C)C)C(=O)Nc2ccc(Cl)cc21. The number of anilines is 1. The van der Waals surface area contributed by atoms with E-state index >= 15 is 0 Å². The Balaban J connectivity index is 1.86. The van der Waals surface area contributed by atoms with Crippen LogP contribution in [0.1, 0.15) is 19.4 Å². The van der Waals surface area contributed by atoms with Crippen molar-refractivity contribution in [3.05, 3.63) is 28.8 Å². The van der Waals surface area contributed by atoms with Crippen molar-refractivity contribution in [1.82, 2.24) is 10.2 Å². The molecule has 0 aliphatic carbocycles. The van der Waals surface area contributed by atoms with Gasteiger partial charge in [-0.1, -0.05) is 25.4 Å². The number of nitrogens with zero attached hydrogens (tertiary/aromatic N) is 1. The standard InChI is InChI=1S/C19H22ClN3O4/c1-9(2)15-13-14(17(25)23(16(13)24)6-7-27-3)19(22-15)11-8-10(20)4-5-12(11)21-18(19)26/h4-5,8-9,13-15,22H,6-7H2,1-3H3,(H,21,26)/t13-,14-,15-,19+/m0/s1. The Morgan fingerprint density at radius 1 is 1.26 bits per heavy atom. The van der Waals surface area contributed by atoms with E-state index < -0.39 is 17.4 Å². The van der Waals surface area contributed by atoms with Gasteiger partial charge in [-0.15, -0.1) is 0 Å². The number of likely N-dealkylation sites (tertiary alicyclic amines) is 1. The van der Waals surface area contributed by atoms with E-state index in [1.54, 1.807) is 18.2 Å². The van der Waals surface area contributed by atoms with Crippen molar-refractivity contribution in [2.75, 3.05) is 25.6 Å². The number of carbonyl (C=O) groups excluding carboxylic acids is 3. The Labute approximate surface area is 162 Å². The monoisotopic (exact) mass is 391 g/mol. The Morgan fingerprint density at radius 3 is 2.67 bits per heavy atom. The van der Waals surface area contributed by atoms with Crippen molar-refractivity contribution < 1.29 is 19.1 Å². The van der Waals surface area contributed by atoms with Crippen LogP contribution in [0.4, 0.5) is 5.69 Å². The highest BCUT2D eigenvalue weighted by Crippen LogP contribution is 2.54. The van der Waals surface area contributed by atoms with Crippen LogP contribution in [0.15, 0.2) is 18.2 Å². The van der Waals surface area contributed by atoms with Gasteiger partial charge in [0.15, 0.2) is 0 Å². The van der Waals surface area contributed by atoms with Gasteiger partial charge in [0.05, 0.1) is 25.0 Å². The number of amides is 3. The third-order valence-electron chi connectivity index (χ3n) is 5.94. The first-order valence-electron chi connectivity index (χ1n) is 9.06. The molecule has 8 heteroatoms. The van der Waals surface area contributed by atoms with Gasteiger partial charge < -0.3 is 10.1 Å². The minimum absolute atomic E-state index is 0.0621. The lowest BCUT2D eigenvalue weighted by Crippen LogP contribution is -2.54. The number of hydrogen-bond acceptors (Lipinski definition) is 5. The van der Waals surface area contributed by atoms with Crippen molar-refractivity contribution in [3.63, 3.8) is 0 Å². The summed E-state index contributed by atoms with van der Waals surface area (Å²) in [4.78, 5) is 40.7. The molecule has 2 N–H and O–H groups in total. The van der Waals surface area contributed by atoms with Crippen LogP contribution in [0.25, 0.3) is 0 Å². The normalized spacial score (nSPS) is 31.8. The lowest BCUT2D eigenvalue weighted by Gasteiger charge is -2.30. The van der Waals surface area contributed by atoms with Gasteiger partial charge in [0, 0.05) is 29.4 Å². The smallest absolute Gasteiger partial charge is 0.250 e. The average Bonchev–Trinajstić information content (AvgIpc) is 3.20. The molecule has 7 nitrogen and oxygen atoms in total. The molecule has 1 spiro atoms. The third-order valence-corrected chi connectivity index (χ3v) is 6.18. The number of halogens is 1. The minimum Gasteiger partial charge on any atom is -0.383 e. The summed E-state index contributed by atoms with van der Waals surface area (Å²) < 4.78 is 5.05. The molecule has 1 aromatic carbocycles. The number of ether oxygens (including phenoxy) is 1. The Bertz CT molecular complexity index is 842. The summed E-state index contributed by atoms with van der Waals surface area (Å²) in [5.41, 5.74) is -0.0301. The van der Waals surface area contributed by atoms with E-state index in [0.29, 0.717) is 16.3 Å². The van der Waals surface area contributed by atoms with Gasteiger partial charge in [0.25, 0.3) is 0 Å². The van der Waals surface area contributed by atoms with Crippen LogP contribution >= 0.6 is 11.6 Å². The van der Waals surface area contributed by atoms with Crippen LogP contribution in [0, 0.1) is 17.8 Å². The zero-order valence-corrected chi connectivity index (χ0v) is 16.2. The molecule has 0 radical (unpaired) electrons. The molecule has 2 fully saturated rings. The fourth-order valence-corrected chi connectivity index (χ4v) is 4.91. The topological polar surface area (TPSA) is 87.7 Å². The van der Waals surface area contributed by atoms with Gasteiger partial charge in [-0.05, 0) is 24.1 Å². The molecular weight excluding hydrogens is 370 g/mol. The summed E-state index contributed by atoms with van der Waals surface area (Å²) in [5.74, 6) is -2.22. The average molecular weight is 392 g/mol. The molecule has 1 aromatic rings. The maximum atomic E-state index is 13.3. The van der Waals surface area contributed by atoms with Gasteiger partial charge in [-0.3, -0.25) is 24.6 Å². The maximum Gasteiger partial charge on any atom is 0.250 e. The molecule has 0 bridgehead atoms. The first kappa shape index (κ1) is 18.4. The van der Waals surface area contributed by atoms with Gasteiger partial charge in [0.2, 0.25) is 17.7 Å². The number of methoxy groups -OCH3 is 1. The molecule has 2 saturated heterocycles. The summed E-state index contributed by atoms with van der Waals surface area (Å²) in [6.07, 6.45) is 0. The molecule has 3 amide bonds. The highest BCUT2D eigenvalue weighted by molar-refractivity contribution is 6.31.